The van der Waals surface area contributed by atoms with Crippen LogP contribution < -0.4 is 5.32 Å². The second-order valence-corrected chi connectivity index (χ2v) is 3.61. The van der Waals surface area contributed by atoms with Crippen LogP contribution in [0.15, 0.2) is 12.2 Å². The second kappa shape index (κ2) is 10.3. The molecule has 0 saturated heterocycles. The van der Waals surface area contributed by atoms with Crippen molar-refractivity contribution in [3.8, 4) is 0 Å². The van der Waals surface area contributed by atoms with Crippen LogP contribution in [-0.4, -0.2) is 12.5 Å². The van der Waals surface area contributed by atoms with E-state index in [2.05, 4.69) is 18.3 Å². The van der Waals surface area contributed by atoms with Gasteiger partial charge in [0.15, 0.2) is 0 Å². The maximum Gasteiger partial charge on any atom is 0.217 e. The summed E-state index contributed by atoms with van der Waals surface area (Å²) in [7, 11) is 0. The van der Waals surface area contributed by atoms with Crippen molar-refractivity contribution in [1.29, 1.82) is 0 Å². The monoisotopic (exact) mass is 197 g/mol. The quantitative estimate of drug-likeness (QED) is 0.470. The molecule has 2 heteroatoms. The van der Waals surface area contributed by atoms with Gasteiger partial charge in [0.1, 0.15) is 0 Å². The van der Waals surface area contributed by atoms with E-state index in [0.29, 0.717) is 6.54 Å². The topological polar surface area (TPSA) is 29.1 Å². The Balaban J connectivity index is 3.07. The molecule has 0 rings (SSSR count). The molecule has 0 heterocycles. The van der Waals surface area contributed by atoms with Crippen molar-refractivity contribution < 1.29 is 4.79 Å². The van der Waals surface area contributed by atoms with Crippen LogP contribution in [0.5, 0.6) is 0 Å². The Morgan fingerprint density at radius 1 is 1.14 bits per heavy atom. The van der Waals surface area contributed by atoms with Crippen LogP contribution in [0.4, 0.5) is 0 Å². The highest BCUT2D eigenvalue weighted by molar-refractivity contribution is 5.72. The first-order valence-electron chi connectivity index (χ1n) is 5.66. The molecule has 0 aromatic carbocycles. The number of carbonyl (C=O) groups excluding carboxylic acids is 1. The molecule has 0 aromatic rings. The summed E-state index contributed by atoms with van der Waals surface area (Å²) in [5, 5.41) is 2.73. The number of carbonyl (C=O) groups is 1. The normalized spacial score (nSPS) is 10.7. The summed E-state index contributed by atoms with van der Waals surface area (Å²) in [5.74, 6) is 0.0394. The van der Waals surface area contributed by atoms with E-state index in [1.165, 1.54) is 32.1 Å². The van der Waals surface area contributed by atoms with Crippen LogP contribution in [0, 0.1) is 0 Å². The van der Waals surface area contributed by atoms with Gasteiger partial charge in [0, 0.05) is 13.5 Å². The Bertz CT molecular complexity index is 164. The number of nitrogens with one attached hydrogen (secondary N) is 1. The summed E-state index contributed by atoms with van der Waals surface area (Å²) < 4.78 is 0. The van der Waals surface area contributed by atoms with Crippen molar-refractivity contribution in [3.63, 3.8) is 0 Å². The molecule has 0 bridgehead atoms. The van der Waals surface area contributed by atoms with Crippen molar-refractivity contribution >= 4 is 5.91 Å². The maximum atomic E-state index is 10.5. The first-order valence-corrected chi connectivity index (χ1v) is 5.66. The van der Waals surface area contributed by atoms with Gasteiger partial charge in [-0.3, -0.25) is 4.79 Å². The summed E-state index contributed by atoms with van der Waals surface area (Å²) in [6, 6.07) is 0. The Hall–Kier alpha value is -0.790. The summed E-state index contributed by atoms with van der Waals surface area (Å²) >= 11 is 0. The van der Waals surface area contributed by atoms with Gasteiger partial charge in [-0.05, 0) is 12.8 Å². The largest absolute Gasteiger partial charge is 0.353 e. The van der Waals surface area contributed by atoms with Gasteiger partial charge in [0.2, 0.25) is 5.91 Å². The molecule has 0 aliphatic rings. The molecule has 82 valence electrons. The highest BCUT2D eigenvalue weighted by atomic mass is 16.1. The fourth-order valence-electron chi connectivity index (χ4n) is 1.27. The summed E-state index contributed by atoms with van der Waals surface area (Å²) in [5.41, 5.74) is 0. The zero-order valence-electron chi connectivity index (χ0n) is 9.51. The molecule has 1 N–H and O–H groups in total. The molecule has 0 spiro atoms. The SMILES string of the molecule is CCCCCCC/C=C/CNC(C)=O. The lowest BCUT2D eigenvalue weighted by atomic mass is 10.1. The van der Waals surface area contributed by atoms with Crippen LogP contribution in [0.25, 0.3) is 0 Å². The Morgan fingerprint density at radius 2 is 1.86 bits per heavy atom. The van der Waals surface area contributed by atoms with Crippen LogP contribution in [0.1, 0.15) is 52.4 Å². The van der Waals surface area contributed by atoms with E-state index in [1.54, 1.807) is 6.92 Å². The smallest absolute Gasteiger partial charge is 0.217 e. The molecule has 0 atom stereocenters. The minimum absolute atomic E-state index is 0.0394. The van der Waals surface area contributed by atoms with Crippen molar-refractivity contribution in [3.05, 3.63) is 12.2 Å². The third kappa shape index (κ3) is 11.2. The van der Waals surface area contributed by atoms with E-state index < -0.39 is 0 Å². The predicted molar refractivity (Wildman–Crippen MR) is 61.2 cm³/mol. The molecule has 0 aromatic heterocycles. The van der Waals surface area contributed by atoms with Crippen LogP contribution in [0.2, 0.25) is 0 Å². The third-order valence-corrected chi connectivity index (χ3v) is 2.11. The Morgan fingerprint density at radius 3 is 2.50 bits per heavy atom. The molecule has 0 unspecified atom stereocenters. The van der Waals surface area contributed by atoms with Gasteiger partial charge in [-0.1, -0.05) is 44.8 Å². The van der Waals surface area contributed by atoms with Gasteiger partial charge >= 0.3 is 0 Å². The number of hydrogen-bond donors (Lipinski definition) is 1. The van der Waals surface area contributed by atoms with Gasteiger partial charge in [-0.2, -0.15) is 0 Å². The molecule has 0 aliphatic carbocycles. The maximum absolute atomic E-state index is 10.5. The zero-order valence-corrected chi connectivity index (χ0v) is 9.51. The van der Waals surface area contributed by atoms with Crippen molar-refractivity contribution in [1.82, 2.24) is 5.32 Å². The highest BCUT2D eigenvalue weighted by Crippen LogP contribution is 2.04. The molecule has 0 radical (unpaired) electrons. The molecular weight excluding hydrogens is 174 g/mol. The standard InChI is InChI=1S/C12H23NO/c1-3-4-5-6-7-8-9-10-11-13-12(2)14/h9-10H,3-8,11H2,1-2H3,(H,13,14)/b10-9+. The molecule has 2 nitrogen and oxygen atoms in total. The van der Waals surface area contributed by atoms with E-state index in [9.17, 15) is 4.79 Å². The van der Waals surface area contributed by atoms with Crippen LogP contribution >= 0.6 is 0 Å². The van der Waals surface area contributed by atoms with E-state index in [0.717, 1.165) is 6.42 Å². The molecule has 0 saturated carbocycles. The first kappa shape index (κ1) is 13.2. The second-order valence-electron chi connectivity index (χ2n) is 3.61. The minimum Gasteiger partial charge on any atom is -0.353 e. The fourth-order valence-corrected chi connectivity index (χ4v) is 1.27. The Kier molecular flexibility index (Phi) is 9.71. The molecule has 0 aliphatic heterocycles. The van der Waals surface area contributed by atoms with Gasteiger partial charge in [-0.15, -0.1) is 0 Å². The van der Waals surface area contributed by atoms with Crippen molar-refractivity contribution in [2.75, 3.05) is 6.54 Å². The first-order chi connectivity index (χ1) is 6.77. The highest BCUT2D eigenvalue weighted by Gasteiger charge is 1.87. The number of rotatable bonds is 8. The molecule has 14 heavy (non-hydrogen) atoms. The summed E-state index contributed by atoms with van der Waals surface area (Å²) in [6.07, 6.45) is 11.9. The van der Waals surface area contributed by atoms with Crippen molar-refractivity contribution in [2.24, 2.45) is 0 Å². The lowest BCUT2D eigenvalue weighted by molar-refractivity contribution is -0.118. The van der Waals surface area contributed by atoms with Gasteiger partial charge in [0.25, 0.3) is 0 Å². The minimum atomic E-state index is 0.0394. The summed E-state index contributed by atoms with van der Waals surface area (Å²) in [4.78, 5) is 10.5. The number of hydrogen-bond acceptors (Lipinski definition) is 1. The van der Waals surface area contributed by atoms with E-state index in [4.69, 9.17) is 0 Å². The Labute approximate surface area is 87.8 Å². The van der Waals surface area contributed by atoms with Gasteiger partial charge < -0.3 is 5.32 Å². The molecule has 0 fully saturated rings. The molecular formula is C12H23NO. The third-order valence-electron chi connectivity index (χ3n) is 2.11. The number of amides is 1. The average Bonchev–Trinajstić information content (AvgIpc) is 2.15. The van der Waals surface area contributed by atoms with Crippen molar-refractivity contribution in [2.45, 2.75) is 52.4 Å². The van der Waals surface area contributed by atoms with Crippen LogP contribution in [-0.2, 0) is 4.79 Å². The van der Waals surface area contributed by atoms with Crippen LogP contribution in [0.3, 0.4) is 0 Å². The lowest BCUT2D eigenvalue weighted by Gasteiger charge is -1.97. The number of unbranched alkanes of at least 4 members (excludes halogenated alkanes) is 5. The van der Waals surface area contributed by atoms with E-state index >= 15 is 0 Å². The molecule has 1 amide bonds. The average molecular weight is 197 g/mol. The predicted octanol–water partition coefficient (Wildman–Crippen LogP) is 3.04. The summed E-state index contributed by atoms with van der Waals surface area (Å²) in [6.45, 7) is 4.44. The van der Waals surface area contributed by atoms with Gasteiger partial charge in [-0.25, -0.2) is 0 Å². The fraction of sp³-hybridized carbons (Fsp3) is 0.750. The van der Waals surface area contributed by atoms with E-state index in [1.807, 2.05) is 6.08 Å². The zero-order chi connectivity index (χ0) is 10.6. The lowest BCUT2D eigenvalue weighted by Crippen LogP contribution is -2.19. The number of allylic oxidation sites excluding steroid dienone is 1. The van der Waals surface area contributed by atoms with Gasteiger partial charge in [0.05, 0.1) is 0 Å². The van der Waals surface area contributed by atoms with E-state index in [-0.39, 0.29) is 5.91 Å².